The van der Waals surface area contributed by atoms with Gasteiger partial charge in [0.2, 0.25) is 0 Å². The van der Waals surface area contributed by atoms with E-state index in [1.54, 1.807) is 19.1 Å². The van der Waals surface area contributed by atoms with Gasteiger partial charge in [-0.1, -0.05) is 6.07 Å². The first-order valence-electron chi connectivity index (χ1n) is 4.60. The second kappa shape index (κ2) is 3.65. The third-order valence-electron chi connectivity index (χ3n) is 2.09. The fourth-order valence-electron chi connectivity index (χ4n) is 1.38. The fraction of sp³-hybridized carbons (Fsp3) is 0.100. The minimum Gasteiger partial charge on any atom is -0.506 e. The molecule has 0 aliphatic carbocycles. The molecule has 2 rings (SSSR count). The van der Waals surface area contributed by atoms with Crippen LogP contribution in [0.1, 0.15) is 5.69 Å². The quantitative estimate of drug-likeness (QED) is 0.667. The maximum Gasteiger partial charge on any atom is 0.317 e. The lowest BCUT2D eigenvalue weighted by molar-refractivity contribution is 0.259. The number of aryl methyl sites for hydroxylation is 1. The van der Waals surface area contributed by atoms with Gasteiger partial charge in [-0.2, -0.15) is 0 Å². The van der Waals surface area contributed by atoms with Crippen LogP contribution < -0.4 is 11.1 Å². The Morgan fingerprint density at radius 1 is 1.44 bits per heavy atom. The third-order valence-corrected chi connectivity index (χ3v) is 2.09. The lowest BCUT2D eigenvalue weighted by Gasteiger charge is -2.06. The molecular formula is C10H10N4O2. The zero-order valence-electron chi connectivity index (χ0n) is 8.56. The number of phenols is 1. The third kappa shape index (κ3) is 1.72. The molecule has 16 heavy (non-hydrogen) atoms. The van der Waals surface area contributed by atoms with Crippen molar-refractivity contribution < 1.29 is 9.90 Å². The number of aromatic hydroxyl groups is 1. The zero-order valence-corrected chi connectivity index (χ0v) is 8.56. The number of nitrogens with one attached hydrogen (secondary N) is 1. The van der Waals surface area contributed by atoms with Crippen molar-refractivity contribution in [2.24, 2.45) is 5.73 Å². The van der Waals surface area contributed by atoms with E-state index in [-0.39, 0.29) is 5.75 Å². The number of primary amides is 1. The molecule has 0 aliphatic heterocycles. The summed E-state index contributed by atoms with van der Waals surface area (Å²) in [5.74, 6) is 0.351. The summed E-state index contributed by atoms with van der Waals surface area (Å²) in [4.78, 5) is 19.0. The Bertz CT molecular complexity index is 568. The molecule has 0 saturated carbocycles. The maximum absolute atomic E-state index is 10.7. The second-order valence-electron chi connectivity index (χ2n) is 3.29. The molecule has 1 aromatic heterocycles. The number of amides is 2. The number of hydrogen-bond acceptors (Lipinski definition) is 4. The van der Waals surface area contributed by atoms with Crippen LogP contribution in [0.2, 0.25) is 0 Å². The van der Waals surface area contributed by atoms with Gasteiger partial charge in [0, 0.05) is 0 Å². The lowest BCUT2D eigenvalue weighted by Crippen LogP contribution is -2.21. The summed E-state index contributed by atoms with van der Waals surface area (Å²) in [6.07, 6.45) is 0. The summed E-state index contributed by atoms with van der Waals surface area (Å²) in [7, 11) is 0. The van der Waals surface area contributed by atoms with Crippen LogP contribution in [-0.2, 0) is 0 Å². The summed E-state index contributed by atoms with van der Waals surface area (Å²) in [6.45, 7) is 1.67. The Kier molecular flexibility index (Phi) is 2.32. The van der Waals surface area contributed by atoms with E-state index in [2.05, 4.69) is 15.3 Å². The number of phenolic OH excluding ortho intramolecular Hbond substituents is 1. The average molecular weight is 218 g/mol. The van der Waals surface area contributed by atoms with Crippen molar-refractivity contribution in [2.75, 3.05) is 5.32 Å². The molecule has 2 aromatic rings. The van der Waals surface area contributed by atoms with Gasteiger partial charge in [0.25, 0.3) is 0 Å². The minimum atomic E-state index is -0.697. The number of carbonyl (C=O) groups excluding carboxylic acids is 1. The largest absolute Gasteiger partial charge is 0.506 e. The number of urea groups is 1. The van der Waals surface area contributed by atoms with E-state index < -0.39 is 6.03 Å². The number of fused-ring (bicyclic) bond motifs is 1. The van der Waals surface area contributed by atoms with Crippen molar-refractivity contribution in [2.45, 2.75) is 6.92 Å². The number of benzene rings is 1. The van der Waals surface area contributed by atoms with Crippen molar-refractivity contribution in [3.8, 4) is 5.75 Å². The number of anilines is 1. The number of nitrogens with two attached hydrogens (primary N) is 1. The van der Waals surface area contributed by atoms with Crippen LogP contribution in [0.25, 0.3) is 11.0 Å². The highest BCUT2D eigenvalue weighted by Crippen LogP contribution is 2.23. The second-order valence-corrected chi connectivity index (χ2v) is 3.29. The number of aromatic nitrogens is 2. The molecule has 0 aliphatic rings. The Morgan fingerprint density at radius 2 is 2.19 bits per heavy atom. The topological polar surface area (TPSA) is 101 Å². The van der Waals surface area contributed by atoms with E-state index >= 15 is 0 Å². The first-order chi connectivity index (χ1) is 7.58. The van der Waals surface area contributed by atoms with Gasteiger partial charge in [-0.25, -0.2) is 14.8 Å². The van der Waals surface area contributed by atoms with E-state index in [1.807, 2.05) is 0 Å². The Balaban J connectivity index is 2.63. The Labute approximate surface area is 91.1 Å². The smallest absolute Gasteiger partial charge is 0.317 e. The molecule has 0 saturated heterocycles. The molecule has 6 nitrogen and oxygen atoms in total. The summed E-state index contributed by atoms with van der Waals surface area (Å²) >= 11 is 0. The molecule has 1 heterocycles. The molecule has 0 bridgehead atoms. The predicted molar refractivity (Wildman–Crippen MR) is 59.1 cm³/mol. The first kappa shape index (κ1) is 10.2. The van der Waals surface area contributed by atoms with Gasteiger partial charge >= 0.3 is 6.03 Å². The number of nitrogens with zero attached hydrogens (tertiary/aromatic N) is 2. The van der Waals surface area contributed by atoms with Gasteiger partial charge in [0.15, 0.2) is 5.82 Å². The van der Waals surface area contributed by atoms with Gasteiger partial charge in [-0.15, -0.1) is 0 Å². The molecule has 0 spiro atoms. The highest BCUT2D eigenvalue weighted by Gasteiger charge is 2.08. The monoisotopic (exact) mass is 218 g/mol. The highest BCUT2D eigenvalue weighted by molar-refractivity contribution is 5.89. The Morgan fingerprint density at radius 3 is 2.88 bits per heavy atom. The lowest BCUT2D eigenvalue weighted by atomic mass is 10.2. The van der Waals surface area contributed by atoms with E-state index in [0.29, 0.717) is 22.5 Å². The van der Waals surface area contributed by atoms with E-state index in [0.717, 1.165) is 0 Å². The van der Waals surface area contributed by atoms with E-state index in [9.17, 15) is 9.90 Å². The van der Waals surface area contributed by atoms with Crippen LogP contribution in [0.15, 0.2) is 18.2 Å². The summed E-state index contributed by atoms with van der Waals surface area (Å²) < 4.78 is 0. The van der Waals surface area contributed by atoms with Crippen LogP contribution in [0.3, 0.4) is 0 Å². The molecule has 0 atom stereocenters. The van der Waals surface area contributed by atoms with Gasteiger partial charge in [0.1, 0.15) is 11.3 Å². The predicted octanol–water partition coefficient (Wildman–Crippen LogP) is 1.13. The summed E-state index contributed by atoms with van der Waals surface area (Å²) in [6, 6.07) is 4.16. The number of para-hydroxylation sites is 1. The van der Waals surface area contributed by atoms with Crippen molar-refractivity contribution in [1.29, 1.82) is 0 Å². The maximum atomic E-state index is 10.7. The molecule has 4 N–H and O–H groups in total. The number of hydrogen-bond donors (Lipinski definition) is 3. The highest BCUT2D eigenvalue weighted by atomic mass is 16.3. The summed E-state index contributed by atoms with van der Waals surface area (Å²) in [5, 5.41) is 11.9. The van der Waals surface area contributed by atoms with E-state index in [4.69, 9.17) is 5.73 Å². The summed E-state index contributed by atoms with van der Waals surface area (Å²) in [5.41, 5.74) is 6.39. The molecule has 82 valence electrons. The standard InChI is InChI=1S/C10H10N4O2/c1-5-9(14-10(11)16)13-6-3-2-4-7(15)8(6)12-5/h2-4,15H,1H3,(H3,11,13,14,16). The minimum absolute atomic E-state index is 0.0544. The first-order valence-corrected chi connectivity index (χ1v) is 4.60. The molecule has 2 amide bonds. The fourth-order valence-corrected chi connectivity index (χ4v) is 1.38. The van der Waals surface area contributed by atoms with Crippen LogP contribution in [0.5, 0.6) is 5.75 Å². The van der Waals surface area contributed by atoms with Crippen molar-refractivity contribution in [3.05, 3.63) is 23.9 Å². The average Bonchev–Trinajstić information content (AvgIpc) is 2.20. The molecule has 0 unspecified atom stereocenters. The number of rotatable bonds is 1. The van der Waals surface area contributed by atoms with E-state index in [1.165, 1.54) is 6.07 Å². The molecular weight excluding hydrogens is 208 g/mol. The van der Waals surface area contributed by atoms with Gasteiger partial charge < -0.3 is 10.8 Å². The molecule has 6 heteroatoms. The van der Waals surface area contributed by atoms with Gasteiger partial charge in [-0.3, -0.25) is 5.32 Å². The molecule has 0 fully saturated rings. The van der Waals surface area contributed by atoms with Crippen molar-refractivity contribution in [1.82, 2.24) is 9.97 Å². The Hall–Kier alpha value is -2.37. The van der Waals surface area contributed by atoms with Crippen molar-refractivity contribution >= 4 is 22.9 Å². The van der Waals surface area contributed by atoms with Crippen LogP contribution in [-0.4, -0.2) is 21.1 Å². The van der Waals surface area contributed by atoms with Gasteiger partial charge in [0.05, 0.1) is 11.2 Å². The normalized spacial score (nSPS) is 10.3. The SMILES string of the molecule is Cc1nc2c(O)cccc2nc1NC(N)=O. The molecule has 0 radical (unpaired) electrons. The zero-order chi connectivity index (χ0) is 11.7. The van der Waals surface area contributed by atoms with Gasteiger partial charge in [-0.05, 0) is 19.1 Å². The van der Waals surface area contributed by atoms with Crippen LogP contribution in [0, 0.1) is 6.92 Å². The van der Waals surface area contributed by atoms with Crippen LogP contribution in [0.4, 0.5) is 10.6 Å². The molecule has 1 aromatic carbocycles. The van der Waals surface area contributed by atoms with Crippen molar-refractivity contribution in [3.63, 3.8) is 0 Å². The number of carbonyl (C=O) groups is 1. The van der Waals surface area contributed by atoms with Crippen LogP contribution >= 0.6 is 0 Å².